The van der Waals surface area contributed by atoms with Gasteiger partial charge in [0.05, 0.1) is 6.10 Å². The Bertz CT molecular complexity index is 460. The number of aliphatic hydroxyl groups is 1. The quantitative estimate of drug-likeness (QED) is 0.859. The van der Waals surface area contributed by atoms with Crippen molar-refractivity contribution in [3.63, 3.8) is 0 Å². The van der Waals surface area contributed by atoms with Gasteiger partial charge in [0.25, 0.3) is 0 Å². The first-order chi connectivity index (χ1) is 7.66. The van der Waals surface area contributed by atoms with E-state index in [1.165, 1.54) is 0 Å². The zero-order valence-electron chi connectivity index (χ0n) is 9.47. The summed E-state index contributed by atoms with van der Waals surface area (Å²) in [6, 6.07) is 10.0. The fourth-order valence-electron chi connectivity index (χ4n) is 1.70. The van der Waals surface area contributed by atoms with E-state index in [1.54, 1.807) is 6.92 Å². The lowest BCUT2D eigenvalue weighted by atomic mass is 10.1. The molecule has 0 bridgehead atoms. The van der Waals surface area contributed by atoms with Gasteiger partial charge in [-0.3, -0.25) is 0 Å². The van der Waals surface area contributed by atoms with Gasteiger partial charge in [-0.2, -0.15) is 0 Å². The molecule has 0 spiro atoms. The highest BCUT2D eigenvalue weighted by Gasteiger charge is 2.13. The molecule has 1 N–H and O–H groups in total. The second-order valence-electron chi connectivity index (χ2n) is 3.89. The van der Waals surface area contributed by atoms with Gasteiger partial charge in [0.2, 0.25) is 0 Å². The zero-order valence-corrected chi connectivity index (χ0v) is 9.47. The van der Waals surface area contributed by atoms with Crippen LogP contribution in [0.5, 0.6) is 0 Å². The van der Waals surface area contributed by atoms with Crippen molar-refractivity contribution in [1.82, 2.24) is 4.98 Å². The third kappa shape index (κ3) is 2.31. The van der Waals surface area contributed by atoms with E-state index in [4.69, 9.17) is 4.42 Å². The van der Waals surface area contributed by atoms with Gasteiger partial charge in [-0.1, -0.05) is 30.3 Å². The molecule has 84 valence electrons. The van der Waals surface area contributed by atoms with Crippen molar-refractivity contribution in [2.75, 3.05) is 0 Å². The molecule has 0 fully saturated rings. The van der Waals surface area contributed by atoms with Gasteiger partial charge < -0.3 is 9.52 Å². The lowest BCUT2D eigenvalue weighted by Gasteiger charge is -1.97. The lowest BCUT2D eigenvalue weighted by molar-refractivity contribution is 0.193. The number of aliphatic hydroxyl groups excluding tert-OH is 1. The highest BCUT2D eigenvalue weighted by molar-refractivity contribution is 5.20. The Kier molecular flexibility index (Phi) is 3.06. The van der Waals surface area contributed by atoms with E-state index in [0.29, 0.717) is 23.8 Å². The van der Waals surface area contributed by atoms with E-state index in [9.17, 15) is 5.11 Å². The van der Waals surface area contributed by atoms with Crippen LogP contribution in [0.1, 0.15) is 35.9 Å². The average Bonchev–Trinajstić information content (AvgIpc) is 2.61. The molecule has 0 radical (unpaired) electrons. The van der Waals surface area contributed by atoms with E-state index in [1.807, 2.05) is 37.3 Å². The Morgan fingerprint density at radius 1 is 1.31 bits per heavy atom. The van der Waals surface area contributed by atoms with Gasteiger partial charge in [0, 0.05) is 6.42 Å². The predicted octanol–water partition coefficient (Wildman–Crippen LogP) is 2.63. The highest BCUT2D eigenvalue weighted by atomic mass is 16.4. The van der Waals surface area contributed by atoms with E-state index in [2.05, 4.69) is 4.98 Å². The van der Waals surface area contributed by atoms with Gasteiger partial charge in [0.1, 0.15) is 11.5 Å². The Morgan fingerprint density at radius 3 is 2.56 bits per heavy atom. The minimum absolute atomic E-state index is 0.576. The molecule has 1 aromatic carbocycles. The molecule has 2 aromatic rings. The molecular weight excluding hydrogens is 202 g/mol. The first-order valence-corrected chi connectivity index (χ1v) is 5.35. The molecule has 0 amide bonds. The van der Waals surface area contributed by atoms with Crippen molar-refractivity contribution in [3.05, 3.63) is 53.2 Å². The number of rotatable bonds is 3. The van der Waals surface area contributed by atoms with Crippen LogP contribution >= 0.6 is 0 Å². The van der Waals surface area contributed by atoms with Gasteiger partial charge in [-0.05, 0) is 19.4 Å². The lowest BCUT2D eigenvalue weighted by Crippen LogP contribution is -1.94. The maximum Gasteiger partial charge on any atom is 0.199 e. The molecule has 0 aliphatic heterocycles. The minimum Gasteiger partial charge on any atom is -0.445 e. The van der Waals surface area contributed by atoms with Crippen LogP contribution in [0.3, 0.4) is 0 Å². The molecule has 1 heterocycles. The van der Waals surface area contributed by atoms with Crippen LogP contribution in [0.2, 0.25) is 0 Å². The largest absolute Gasteiger partial charge is 0.445 e. The number of aryl methyl sites for hydroxylation is 1. The number of hydrogen-bond acceptors (Lipinski definition) is 3. The SMILES string of the molecule is Cc1oc(Cc2ccccc2)nc1C(C)O. The van der Waals surface area contributed by atoms with E-state index < -0.39 is 6.10 Å². The van der Waals surface area contributed by atoms with Gasteiger partial charge in [-0.25, -0.2) is 4.98 Å². The molecule has 3 heteroatoms. The Labute approximate surface area is 94.8 Å². The van der Waals surface area contributed by atoms with Crippen molar-refractivity contribution in [1.29, 1.82) is 0 Å². The van der Waals surface area contributed by atoms with Crippen molar-refractivity contribution in [2.45, 2.75) is 26.4 Å². The second-order valence-corrected chi connectivity index (χ2v) is 3.89. The highest BCUT2D eigenvalue weighted by Crippen LogP contribution is 2.19. The van der Waals surface area contributed by atoms with Gasteiger partial charge in [0.15, 0.2) is 5.89 Å². The molecule has 16 heavy (non-hydrogen) atoms. The summed E-state index contributed by atoms with van der Waals surface area (Å²) in [7, 11) is 0. The van der Waals surface area contributed by atoms with Crippen molar-refractivity contribution in [2.24, 2.45) is 0 Å². The normalized spacial score (nSPS) is 12.7. The molecule has 0 saturated heterocycles. The fourth-order valence-corrected chi connectivity index (χ4v) is 1.70. The average molecular weight is 217 g/mol. The number of benzene rings is 1. The summed E-state index contributed by atoms with van der Waals surface area (Å²) >= 11 is 0. The number of nitrogens with zero attached hydrogens (tertiary/aromatic N) is 1. The molecular formula is C13H15NO2. The smallest absolute Gasteiger partial charge is 0.199 e. The summed E-state index contributed by atoms with van der Waals surface area (Å²) in [5, 5.41) is 9.46. The van der Waals surface area contributed by atoms with Crippen LogP contribution in [0.4, 0.5) is 0 Å². The topological polar surface area (TPSA) is 46.3 Å². The van der Waals surface area contributed by atoms with Crippen molar-refractivity contribution in [3.8, 4) is 0 Å². The Morgan fingerprint density at radius 2 is 2.00 bits per heavy atom. The van der Waals surface area contributed by atoms with Gasteiger partial charge >= 0.3 is 0 Å². The third-order valence-electron chi connectivity index (χ3n) is 2.47. The molecule has 2 rings (SSSR count). The number of hydrogen-bond donors (Lipinski definition) is 1. The molecule has 3 nitrogen and oxygen atoms in total. The predicted molar refractivity (Wildman–Crippen MR) is 61.1 cm³/mol. The first kappa shape index (κ1) is 10.9. The van der Waals surface area contributed by atoms with Crippen LogP contribution < -0.4 is 0 Å². The molecule has 0 saturated carbocycles. The summed E-state index contributed by atoms with van der Waals surface area (Å²) in [6.07, 6.45) is 0.0854. The monoisotopic (exact) mass is 217 g/mol. The third-order valence-corrected chi connectivity index (χ3v) is 2.47. The fraction of sp³-hybridized carbons (Fsp3) is 0.308. The number of aromatic nitrogens is 1. The van der Waals surface area contributed by atoms with Crippen LogP contribution in [-0.4, -0.2) is 10.1 Å². The second kappa shape index (κ2) is 4.49. The van der Waals surface area contributed by atoms with Gasteiger partial charge in [-0.15, -0.1) is 0 Å². The zero-order chi connectivity index (χ0) is 11.5. The van der Waals surface area contributed by atoms with Crippen LogP contribution in [-0.2, 0) is 6.42 Å². The maximum atomic E-state index is 9.46. The molecule has 0 aliphatic rings. The first-order valence-electron chi connectivity index (χ1n) is 5.35. The molecule has 1 unspecified atom stereocenters. The number of oxazole rings is 1. The van der Waals surface area contributed by atoms with E-state index in [0.717, 1.165) is 5.56 Å². The molecule has 1 atom stereocenters. The van der Waals surface area contributed by atoms with E-state index in [-0.39, 0.29) is 0 Å². The van der Waals surface area contributed by atoms with Crippen molar-refractivity contribution >= 4 is 0 Å². The summed E-state index contributed by atoms with van der Waals surface area (Å²) in [5.74, 6) is 1.35. The van der Waals surface area contributed by atoms with Crippen molar-refractivity contribution < 1.29 is 9.52 Å². The minimum atomic E-state index is -0.576. The summed E-state index contributed by atoms with van der Waals surface area (Å²) in [5.41, 5.74) is 1.78. The Hall–Kier alpha value is -1.61. The molecule has 1 aromatic heterocycles. The van der Waals surface area contributed by atoms with Crippen LogP contribution in [0.25, 0.3) is 0 Å². The van der Waals surface area contributed by atoms with E-state index >= 15 is 0 Å². The van der Waals surface area contributed by atoms with Crippen LogP contribution in [0, 0.1) is 6.92 Å². The summed E-state index contributed by atoms with van der Waals surface area (Å²) in [6.45, 7) is 3.51. The Balaban J connectivity index is 2.20. The summed E-state index contributed by atoms with van der Waals surface area (Å²) in [4.78, 5) is 4.29. The maximum absolute atomic E-state index is 9.46. The van der Waals surface area contributed by atoms with Crippen LogP contribution in [0.15, 0.2) is 34.7 Å². The summed E-state index contributed by atoms with van der Waals surface area (Å²) < 4.78 is 5.51. The molecule has 0 aliphatic carbocycles. The standard InChI is InChI=1S/C13H15NO2/c1-9(15)13-10(2)16-12(14-13)8-11-6-4-3-5-7-11/h3-7,9,15H,8H2,1-2H3.